The van der Waals surface area contributed by atoms with E-state index in [-0.39, 0.29) is 35.8 Å². The van der Waals surface area contributed by atoms with Crippen molar-refractivity contribution in [1.29, 1.82) is 0 Å². The highest BCUT2D eigenvalue weighted by atomic mass is 19.4. The number of halogens is 3. The summed E-state index contributed by atoms with van der Waals surface area (Å²) in [5.74, 6) is -0.225. The van der Waals surface area contributed by atoms with Crippen LogP contribution in [0.2, 0.25) is 0 Å². The number of aliphatic hydroxyl groups is 1. The van der Waals surface area contributed by atoms with Gasteiger partial charge >= 0.3 is 6.18 Å². The van der Waals surface area contributed by atoms with Gasteiger partial charge in [0.25, 0.3) is 5.91 Å². The Balaban J connectivity index is 1.56. The molecular formula is C23H31F3N4O3. The molecule has 4 fully saturated rings. The minimum absolute atomic E-state index is 0.0920. The number of aliphatic hydroxyl groups excluding tert-OH is 1. The van der Waals surface area contributed by atoms with E-state index in [9.17, 15) is 27.9 Å². The molecule has 4 bridgehead atoms. The standard InChI is InChI=1S/C23H31F3N4O3/c1-13(32)29-21(2,3)4-5-30-19(23(24,25)26)17(11-27-30)20(33)28-18-15-6-14-7-16(18)10-22(8-14,9-15)12-31/h4-5,11,14-16,18,31H,6-10,12H2,1-3H3,(H,28,33)(H,29,32). The number of nitrogens with one attached hydrogen (secondary N) is 2. The van der Waals surface area contributed by atoms with E-state index in [1.54, 1.807) is 13.8 Å². The molecule has 7 nitrogen and oxygen atoms in total. The SMILES string of the molecule is CC(=O)NC(C)(C)C=Cn1ncc(C(=O)NC2C3CC4CC2CC(CO)(C4)C3)c1C(F)(F)F. The van der Waals surface area contributed by atoms with Gasteiger partial charge in [-0.2, -0.15) is 18.3 Å². The van der Waals surface area contributed by atoms with Crippen LogP contribution in [0.4, 0.5) is 13.2 Å². The van der Waals surface area contributed by atoms with E-state index in [0.29, 0.717) is 10.6 Å². The molecule has 10 heteroatoms. The van der Waals surface area contributed by atoms with Crippen LogP contribution in [0.15, 0.2) is 12.3 Å². The van der Waals surface area contributed by atoms with E-state index in [1.165, 1.54) is 13.0 Å². The van der Waals surface area contributed by atoms with Crippen molar-refractivity contribution in [2.45, 2.75) is 70.6 Å². The summed E-state index contributed by atoms with van der Waals surface area (Å²) in [6, 6.07) is -0.188. The Bertz CT molecular complexity index is 953. The minimum Gasteiger partial charge on any atom is -0.396 e. The maximum atomic E-state index is 13.9. The summed E-state index contributed by atoms with van der Waals surface area (Å²) in [6.45, 7) is 4.73. The van der Waals surface area contributed by atoms with Crippen molar-refractivity contribution in [3.8, 4) is 0 Å². The first kappa shape index (κ1) is 23.8. The van der Waals surface area contributed by atoms with Gasteiger partial charge < -0.3 is 15.7 Å². The van der Waals surface area contributed by atoms with E-state index in [1.807, 2.05) is 0 Å². The quantitative estimate of drug-likeness (QED) is 0.598. The second-order valence-electron chi connectivity index (χ2n) is 10.7. The molecule has 33 heavy (non-hydrogen) atoms. The number of amides is 2. The fraction of sp³-hybridized carbons (Fsp3) is 0.696. The smallest absolute Gasteiger partial charge is 0.396 e. The van der Waals surface area contributed by atoms with Crippen LogP contribution in [-0.4, -0.2) is 44.9 Å². The van der Waals surface area contributed by atoms with E-state index >= 15 is 0 Å². The molecule has 0 saturated heterocycles. The summed E-state index contributed by atoms with van der Waals surface area (Å²) in [7, 11) is 0. The zero-order valence-corrected chi connectivity index (χ0v) is 19.1. The van der Waals surface area contributed by atoms with Crippen LogP contribution in [0.3, 0.4) is 0 Å². The fourth-order valence-electron chi connectivity index (χ4n) is 6.53. The second kappa shape index (κ2) is 8.14. The summed E-state index contributed by atoms with van der Waals surface area (Å²) in [6.07, 6.45) is 3.14. The Kier molecular flexibility index (Phi) is 5.87. The van der Waals surface area contributed by atoms with Crippen molar-refractivity contribution in [2.24, 2.45) is 23.2 Å². The lowest BCUT2D eigenvalue weighted by atomic mass is 9.48. The molecule has 4 aliphatic carbocycles. The molecule has 1 heterocycles. The van der Waals surface area contributed by atoms with Crippen LogP contribution in [0.25, 0.3) is 6.20 Å². The van der Waals surface area contributed by atoms with Crippen LogP contribution in [0.5, 0.6) is 0 Å². The third kappa shape index (κ3) is 4.67. The molecule has 0 aliphatic heterocycles. The van der Waals surface area contributed by atoms with Gasteiger partial charge in [-0.25, -0.2) is 4.68 Å². The fourth-order valence-corrected chi connectivity index (χ4v) is 6.53. The number of aromatic nitrogens is 2. The molecule has 2 amide bonds. The Morgan fingerprint density at radius 1 is 1.24 bits per heavy atom. The van der Waals surface area contributed by atoms with Crippen molar-refractivity contribution < 1.29 is 27.9 Å². The molecule has 3 N–H and O–H groups in total. The van der Waals surface area contributed by atoms with Crippen LogP contribution < -0.4 is 10.6 Å². The molecule has 5 rings (SSSR count). The van der Waals surface area contributed by atoms with Gasteiger partial charge in [-0.3, -0.25) is 9.59 Å². The van der Waals surface area contributed by atoms with E-state index < -0.39 is 28.9 Å². The summed E-state index contributed by atoms with van der Waals surface area (Å²) in [4.78, 5) is 24.3. The molecule has 2 unspecified atom stereocenters. The molecule has 1 aromatic rings. The lowest BCUT2D eigenvalue weighted by Crippen LogP contribution is -2.60. The maximum absolute atomic E-state index is 13.9. The van der Waals surface area contributed by atoms with Crippen molar-refractivity contribution in [3.05, 3.63) is 23.5 Å². The normalized spacial score (nSPS) is 31.2. The average molecular weight is 469 g/mol. The molecule has 4 saturated carbocycles. The van der Waals surface area contributed by atoms with Crippen LogP contribution >= 0.6 is 0 Å². The molecule has 0 aromatic carbocycles. The highest BCUT2D eigenvalue weighted by molar-refractivity contribution is 5.95. The van der Waals surface area contributed by atoms with Crippen LogP contribution in [0.1, 0.15) is 68.9 Å². The third-order valence-corrected chi connectivity index (χ3v) is 7.47. The van der Waals surface area contributed by atoms with E-state index in [4.69, 9.17) is 0 Å². The first-order chi connectivity index (χ1) is 15.3. The topological polar surface area (TPSA) is 96.2 Å². The Morgan fingerprint density at radius 3 is 2.42 bits per heavy atom. The third-order valence-electron chi connectivity index (χ3n) is 7.47. The van der Waals surface area contributed by atoms with Crippen LogP contribution in [-0.2, 0) is 11.0 Å². The Morgan fingerprint density at radius 2 is 1.88 bits per heavy atom. The van der Waals surface area contributed by atoms with E-state index in [0.717, 1.165) is 44.5 Å². The van der Waals surface area contributed by atoms with Gasteiger partial charge in [-0.1, -0.05) is 0 Å². The molecule has 1 aromatic heterocycles. The number of hydrogen-bond acceptors (Lipinski definition) is 4. The van der Waals surface area contributed by atoms with Crippen molar-refractivity contribution >= 4 is 18.0 Å². The average Bonchev–Trinajstić information content (AvgIpc) is 3.12. The highest BCUT2D eigenvalue weighted by Crippen LogP contribution is 2.59. The lowest BCUT2D eigenvalue weighted by Gasteiger charge is -2.59. The molecule has 182 valence electrons. The van der Waals surface area contributed by atoms with Crippen LogP contribution in [0, 0.1) is 23.2 Å². The Hall–Kier alpha value is -2.36. The number of carbonyl (C=O) groups is 2. The summed E-state index contributed by atoms with van der Waals surface area (Å²) in [5, 5.41) is 19.2. The zero-order valence-electron chi connectivity index (χ0n) is 19.1. The minimum atomic E-state index is -4.79. The summed E-state index contributed by atoms with van der Waals surface area (Å²) < 4.78 is 42.4. The number of hydrogen-bond donors (Lipinski definition) is 3. The van der Waals surface area contributed by atoms with Gasteiger partial charge in [-0.15, -0.1) is 0 Å². The molecular weight excluding hydrogens is 437 g/mol. The lowest BCUT2D eigenvalue weighted by molar-refractivity contribution is -0.143. The monoisotopic (exact) mass is 468 g/mol. The Labute approximate surface area is 190 Å². The number of alkyl halides is 3. The molecule has 0 spiro atoms. The van der Waals surface area contributed by atoms with E-state index in [2.05, 4.69) is 15.7 Å². The van der Waals surface area contributed by atoms with Crippen molar-refractivity contribution in [1.82, 2.24) is 20.4 Å². The van der Waals surface area contributed by atoms with Gasteiger partial charge in [0.15, 0.2) is 5.69 Å². The predicted octanol–water partition coefficient (Wildman–Crippen LogP) is 3.20. The van der Waals surface area contributed by atoms with Gasteiger partial charge in [-0.05, 0) is 75.2 Å². The zero-order chi connectivity index (χ0) is 24.2. The number of rotatable bonds is 6. The number of nitrogens with zero attached hydrogens (tertiary/aromatic N) is 2. The second-order valence-corrected chi connectivity index (χ2v) is 10.7. The highest BCUT2D eigenvalue weighted by Gasteiger charge is 2.55. The van der Waals surface area contributed by atoms with Gasteiger partial charge in [0.2, 0.25) is 5.91 Å². The maximum Gasteiger partial charge on any atom is 0.434 e. The summed E-state index contributed by atoms with van der Waals surface area (Å²) in [5.41, 5.74) is -2.65. The largest absolute Gasteiger partial charge is 0.434 e. The number of carbonyl (C=O) groups excluding carboxylic acids is 2. The molecule has 2 atom stereocenters. The molecule has 4 aliphatic rings. The van der Waals surface area contributed by atoms with Gasteiger partial charge in [0.05, 0.1) is 17.3 Å². The predicted molar refractivity (Wildman–Crippen MR) is 115 cm³/mol. The van der Waals surface area contributed by atoms with Crippen molar-refractivity contribution in [3.63, 3.8) is 0 Å². The van der Waals surface area contributed by atoms with Gasteiger partial charge in [0.1, 0.15) is 0 Å². The molecule has 0 radical (unpaired) electrons. The first-order valence-corrected chi connectivity index (χ1v) is 11.4. The summed E-state index contributed by atoms with van der Waals surface area (Å²) >= 11 is 0. The van der Waals surface area contributed by atoms with Gasteiger partial charge in [0, 0.05) is 25.8 Å². The first-order valence-electron chi connectivity index (χ1n) is 11.4. The van der Waals surface area contributed by atoms with Crippen molar-refractivity contribution in [2.75, 3.05) is 6.61 Å².